The lowest BCUT2D eigenvalue weighted by Gasteiger charge is -2.10. The Morgan fingerprint density at radius 1 is 0.527 bits per heavy atom. The predicted octanol–water partition coefficient (Wildman–Crippen LogP) is 11.7. The standard InChI is InChI=1S/C46H32F3N5O/c47-46(48,49)45(54-55)32-27-39-42(30-17-9-3-10-18-30)37-24-23-35(51-37)40(28-13-5-1-6-14-28)33-21-22-34(50-33)41(29-15-7-2-8-16-29)36-25-26-38(52-36)43(44(32)53-39)31-19-11-4-12-20-31/h1-22,25-27,50,53,55H,23-24H2/b40-33?,40-35?,41-34?,41-36?,42-37?,42-39?,43-38?,44-43?,54-45-. The molecule has 9 rings (SSSR count). The quantitative estimate of drug-likeness (QED) is 0.0936. The lowest BCUT2D eigenvalue weighted by atomic mass is 9.99. The molecule has 0 unspecified atom stereocenters. The van der Waals surface area contributed by atoms with E-state index in [2.05, 4.69) is 33.3 Å². The fraction of sp³-hybridized carbons (Fsp3) is 0.0652. The van der Waals surface area contributed by atoms with E-state index < -0.39 is 11.9 Å². The van der Waals surface area contributed by atoms with E-state index >= 15 is 0 Å². The summed E-state index contributed by atoms with van der Waals surface area (Å²) in [7, 11) is 0. The van der Waals surface area contributed by atoms with Gasteiger partial charge in [0.15, 0.2) is 5.71 Å². The highest BCUT2D eigenvalue weighted by atomic mass is 19.4. The van der Waals surface area contributed by atoms with Gasteiger partial charge in [0.05, 0.1) is 28.3 Å². The first-order valence-electron chi connectivity index (χ1n) is 17.9. The van der Waals surface area contributed by atoms with Gasteiger partial charge in [0.2, 0.25) is 0 Å². The van der Waals surface area contributed by atoms with Crippen molar-refractivity contribution in [1.29, 1.82) is 0 Å². The molecule has 0 saturated heterocycles. The molecule has 2 aliphatic heterocycles. The number of H-pyrrole nitrogens is 2. The molecule has 0 atom stereocenters. The van der Waals surface area contributed by atoms with Crippen LogP contribution in [0.25, 0.3) is 78.7 Å². The van der Waals surface area contributed by atoms with Crippen molar-refractivity contribution in [2.45, 2.75) is 19.0 Å². The number of fused-ring (bicyclic) bond motifs is 8. The molecule has 0 fully saturated rings. The Kier molecular flexibility index (Phi) is 8.46. The van der Waals surface area contributed by atoms with Crippen LogP contribution in [0.1, 0.15) is 28.3 Å². The van der Waals surface area contributed by atoms with Gasteiger partial charge in [-0.05, 0) is 65.4 Å². The molecule has 4 aromatic carbocycles. The van der Waals surface area contributed by atoms with Gasteiger partial charge in [0.1, 0.15) is 0 Å². The van der Waals surface area contributed by atoms with Gasteiger partial charge in [-0.1, -0.05) is 126 Å². The van der Waals surface area contributed by atoms with Crippen LogP contribution in [0.4, 0.5) is 13.2 Å². The van der Waals surface area contributed by atoms with E-state index in [1.807, 2.05) is 127 Å². The Morgan fingerprint density at radius 3 is 1.45 bits per heavy atom. The number of aromatic nitrogens is 4. The van der Waals surface area contributed by atoms with Gasteiger partial charge in [0, 0.05) is 44.4 Å². The van der Waals surface area contributed by atoms with Gasteiger partial charge in [-0.25, -0.2) is 4.98 Å². The molecule has 6 nitrogen and oxygen atoms in total. The van der Waals surface area contributed by atoms with Crippen LogP contribution in [0.15, 0.2) is 145 Å². The second-order valence-corrected chi connectivity index (χ2v) is 13.4. The van der Waals surface area contributed by atoms with Crippen molar-refractivity contribution in [3.05, 3.63) is 168 Å². The Labute approximate surface area is 314 Å². The number of hydrogen-bond acceptors (Lipinski definition) is 4. The first-order valence-corrected chi connectivity index (χ1v) is 17.9. The molecule has 5 heterocycles. The van der Waals surface area contributed by atoms with Crippen molar-refractivity contribution in [3.63, 3.8) is 0 Å². The number of oxime groups is 1. The second-order valence-electron chi connectivity index (χ2n) is 13.4. The van der Waals surface area contributed by atoms with Gasteiger partial charge in [-0.2, -0.15) is 13.2 Å². The van der Waals surface area contributed by atoms with Crippen molar-refractivity contribution in [2.75, 3.05) is 0 Å². The van der Waals surface area contributed by atoms with Crippen molar-refractivity contribution >= 4 is 39.9 Å². The smallest absolute Gasteiger partial charge is 0.410 e. The summed E-state index contributed by atoms with van der Waals surface area (Å²) in [6.45, 7) is 0. The van der Waals surface area contributed by atoms with Crippen molar-refractivity contribution < 1.29 is 18.4 Å². The third-order valence-electron chi connectivity index (χ3n) is 10.0. The van der Waals surface area contributed by atoms with Crippen molar-refractivity contribution in [2.24, 2.45) is 5.16 Å². The van der Waals surface area contributed by atoms with Gasteiger partial charge in [-0.15, -0.1) is 0 Å². The van der Waals surface area contributed by atoms with E-state index in [0.717, 1.165) is 44.5 Å². The van der Waals surface area contributed by atoms with Gasteiger partial charge >= 0.3 is 6.18 Å². The Morgan fingerprint density at radius 2 is 0.964 bits per heavy atom. The molecule has 3 aromatic heterocycles. The zero-order valence-corrected chi connectivity index (χ0v) is 29.3. The van der Waals surface area contributed by atoms with E-state index in [9.17, 15) is 18.4 Å². The molecular formula is C46H32F3N5O. The molecule has 7 aromatic rings. The number of halogens is 3. The number of nitrogens with one attached hydrogen (secondary N) is 2. The Hall–Kier alpha value is -7.00. The van der Waals surface area contributed by atoms with Crippen LogP contribution in [0.3, 0.4) is 0 Å². The molecular weight excluding hydrogens is 696 g/mol. The maximum atomic E-state index is 14.8. The fourth-order valence-corrected chi connectivity index (χ4v) is 7.67. The molecule has 8 bridgehead atoms. The number of rotatable bonds is 5. The van der Waals surface area contributed by atoms with E-state index in [-0.39, 0.29) is 11.1 Å². The number of aryl methyl sites for hydroxylation is 2. The topological polar surface area (TPSA) is 90.0 Å². The molecule has 2 aliphatic rings. The Balaban J connectivity index is 1.54. The van der Waals surface area contributed by atoms with Gasteiger partial charge in [0.25, 0.3) is 0 Å². The summed E-state index contributed by atoms with van der Waals surface area (Å²) in [5.41, 5.74) is 9.22. The molecule has 268 valence electrons. The number of hydrogen-bond donors (Lipinski definition) is 3. The monoisotopic (exact) mass is 727 g/mol. The first-order chi connectivity index (χ1) is 26.9. The molecule has 0 radical (unpaired) electrons. The number of nitrogens with zero attached hydrogens (tertiary/aromatic N) is 3. The van der Waals surface area contributed by atoms with Crippen LogP contribution in [-0.2, 0) is 12.8 Å². The molecule has 3 N–H and O–H groups in total. The van der Waals surface area contributed by atoms with Crippen molar-refractivity contribution in [3.8, 4) is 44.5 Å². The van der Waals surface area contributed by atoms with Crippen LogP contribution in [0.2, 0.25) is 0 Å². The Bertz CT molecular complexity index is 2790. The molecule has 9 heteroatoms. The highest BCUT2D eigenvalue weighted by molar-refractivity contribution is 6.14. The molecule has 0 amide bonds. The van der Waals surface area contributed by atoms with Crippen LogP contribution in [-0.4, -0.2) is 37.0 Å². The van der Waals surface area contributed by atoms with Crippen molar-refractivity contribution in [1.82, 2.24) is 19.9 Å². The molecule has 0 spiro atoms. The summed E-state index contributed by atoms with van der Waals surface area (Å²) in [5.74, 6) is 0. The average molecular weight is 728 g/mol. The summed E-state index contributed by atoms with van der Waals surface area (Å²) < 4.78 is 44.5. The largest absolute Gasteiger partial charge is 0.437 e. The lowest BCUT2D eigenvalue weighted by molar-refractivity contribution is -0.0600. The third-order valence-corrected chi connectivity index (χ3v) is 10.0. The SMILES string of the molecule is O/N=C(/c1cc2[nH]c1c(-c1ccccc1)c1nc(c(-c3ccccc3)c3ccc([nH]3)c(-c3ccccc3)c3nc(c2-c2ccccc2)CC3)C=C1)C(F)(F)F. The van der Waals surface area contributed by atoms with Gasteiger partial charge in [-0.3, -0.25) is 4.98 Å². The van der Waals surface area contributed by atoms with Crippen LogP contribution in [0, 0.1) is 0 Å². The second kappa shape index (κ2) is 13.8. The highest BCUT2D eigenvalue weighted by Crippen LogP contribution is 2.40. The fourth-order valence-electron chi connectivity index (χ4n) is 7.67. The number of aromatic amines is 2. The minimum Gasteiger partial charge on any atom is -0.410 e. The third kappa shape index (κ3) is 6.19. The van der Waals surface area contributed by atoms with Crippen LogP contribution < -0.4 is 0 Å². The van der Waals surface area contributed by atoms with E-state index in [1.54, 1.807) is 0 Å². The van der Waals surface area contributed by atoms with E-state index in [0.29, 0.717) is 52.1 Å². The van der Waals surface area contributed by atoms with E-state index in [4.69, 9.17) is 9.97 Å². The maximum Gasteiger partial charge on any atom is 0.437 e. The number of benzene rings is 4. The van der Waals surface area contributed by atoms with E-state index in [1.165, 1.54) is 6.07 Å². The zero-order chi connectivity index (χ0) is 37.5. The normalized spacial score (nSPS) is 13.0. The summed E-state index contributed by atoms with van der Waals surface area (Å²) in [5, 5.41) is 12.9. The summed E-state index contributed by atoms with van der Waals surface area (Å²) in [6, 6.07) is 44.2. The minimum absolute atomic E-state index is 0.110. The summed E-state index contributed by atoms with van der Waals surface area (Å²) in [4.78, 5) is 17.6. The van der Waals surface area contributed by atoms with Gasteiger partial charge < -0.3 is 15.2 Å². The first kappa shape index (κ1) is 33.8. The maximum absolute atomic E-state index is 14.8. The predicted molar refractivity (Wildman–Crippen MR) is 213 cm³/mol. The van der Waals surface area contributed by atoms with Crippen LogP contribution in [0.5, 0.6) is 0 Å². The lowest BCUT2D eigenvalue weighted by Crippen LogP contribution is -2.23. The number of alkyl halides is 3. The van der Waals surface area contributed by atoms with Crippen LogP contribution >= 0.6 is 0 Å². The highest BCUT2D eigenvalue weighted by Gasteiger charge is 2.40. The summed E-state index contributed by atoms with van der Waals surface area (Å²) >= 11 is 0. The molecule has 55 heavy (non-hydrogen) atoms. The minimum atomic E-state index is -4.98. The molecule has 0 aliphatic carbocycles. The zero-order valence-electron chi connectivity index (χ0n) is 29.3. The summed E-state index contributed by atoms with van der Waals surface area (Å²) in [6.07, 6.45) is -0.135. The molecule has 0 saturated carbocycles. The average Bonchev–Trinajstić information content (AvgIpc) is 4.04.